The van der Waals surface area contributed by atoms with Crippen LogP contribution in [0, 0.1) is 0 Å². The molecular formula is C8H16O3. The SMILES string of the molecule is C=CCOCC(C)OCCO. The average Bonchev–Trinajstić information content (AvgIpc) is 2.01. The smallest absolute Gasteiger partial charge is 0.0781 e. The Balaban J connectivity index is 3.08. The Hall–Kier alpha value is -0.380. The van der Waals surface area contributed by atoms with Gasteiger partial charge in [0.2, 0.25) is 0 Å². The van der Waals surface area contributed by atoms with Crippen LogP contribution in [0.5, 0.6) is 0 Å². The van der Waals surface area contributed by atoms with E-state index in [1.165, 1.54) is 0 Å². The van der Waals surface area contributed by atoms with Crippen LogP contribution in [-0.2, 0) is 9.47 Å². The summed E-state index contributed by atoms with van der Waals surface area (Å²) in [6, 6.07) is 0. The van der Waals surface area contributed by atoms with Gasteiger partial charge in [-0.15, -0.1) is 6.58 Å². The predicted octanol–water partition coefficient (Wildman–Crippen LogP) is 0.586. The van der Waals surface area contributed by atoms with Crippen molar-refractivity contribution in [2.75, 3.05) is 26.4 Å². The lowest BCUT2D eigenvalue weighted by atomic mass is 10.4. The first-order valence-corrected chi connectivity index (χ1v) is 3.72. The Kier molecular flexibility index (Phi) is 7.46. The zero-order chi connectivity index (χ0) is 8.53. The van der Waals surface area contributed by atoms with Gasteiger partial charge in [0, 0.05) is 0 Å². The van der Waals surface area contributed by atoms with Gasteiger partial charge in [-0.25, -0.2) is 0 Å². The van der Waals surface area contributed by atoms with Gasteiger partial charge in [-0.05, 0) is 6.92 Å². The number of aliphatic hydroxyl groups is 1. The molecule has 0 radical (unpaired) electrons. The van der Waals surface area contributed by atoms with E-state index in [1.807, 2.05) is 6.92 Å². The average molecular weight is 160 g/mol. The van der Waals surface area contributed by atoms with Gasteiger partial charge < -0.3 is 14.6 Å². The second-order valence-electron chi connectivity index (χ2n) is 2.23. The molecule has 1 N–H and O–H groups in total. The Bertz CT molecular complexity index is 93.3. The highest BCUT2D eigenvalue weighted by molar-refractivity contribution is 4.64. The zero-order valence-electron chi connectivity index (χ0n) is 6.95. The second kappa shape index (κ2) is 7.72. The van der Waals surface area contributed by atoms with Crippen LogP contribution in [0.25, 0.3) is 0 Å². The molecule has 0 rings (SSSR count). The molecule has 0 aromatic rings. The van der Waals surface area contributed by atoms with E-state index < -0.39 is 0 Å². The monoisotopic (exact) mass is 160 g/mol. The third-order valence-electron chi connectivity index (χ3n) is 1.08. The van der Waals surface area contributed by atoms with E-state index in [0.717, 1.165) is 0 Å². The molecule has 0 saturated heterocycles. The van der Waals surface area contributed by atoms with Crippen LogP contribution in [0.4, 0.5) is 0 Å². The predicted molar refractivity (Wildman–Crippen MR) is 43.5 cm³/mol. The second-order valence-corrected chi connectivity index (χ2v) is 2.23. The molecule has 3 heteroatoms. The van der Waals surface area contributed by atoms with Crippen LogP contribution in [0.3, 0.4) is 0 Å². The van der Waals surface area contributed by atoms with E-state index in [1.54, 1.807) is 6.08 Å². The molecule has 0 aromatic carbocycles. The number of hydrogen-bond donors (Lipinski definition) is 1. The summed E-state index contributed by atoms with van der Waals surface area (Å²) in [5.74, 6) is 0. The number of aliphatic hydroxyl groups excluding tert-OH is 1. The van der Waals surface area contributed by atoms with E-state index in [-0.39, 0.29) is 12.7 Å². The summed E-state index contributed by atoms with van der Waals surface area (Å²) in [7, 11) is 0. The molecule has 0 heterocycles. The fraction of sp³-hybridized carbons (Fsp3) is 0.750. The lowest BCUT2D eigenvalue weighted by Crippen LogP contribution is -2.17. The summed E-state index contributed by atoms with van der Waals surface area (Å²) in [5.41, 5.74) is 0. The molecule has 0 aromatic heterocycles. The van der Waals surface area contributed by atoms with Crippen molar-refractivity contribution in [2.45, 2.75) is 13.0 Å². The third-order valence-corrected chi connectivity index (χ3v) is 1.08. The molecule has 0 saturated carbocycles. The van der Waals surface area contributed by atoms with E-state index in [2.05, 4.69) is 6.58 Å². The van der Waals surface area contributed by atoms with Gasteiger partial charge in [0.15, 0.2) is 0 Å². The Morgan fingerprint density at radius 2 is 2.36 bits per heavy atom. The summed E-state index contributed by atoms with van der Waals surface area (Å²) in [6.45, 7) is 6.95. The lowest BCUT2D eigenvalue weighted by Gasteiger charge is -2.11. The molecule has 0 aliphatic heterocycles. The highest BCUT2D eigenvalue weighted by Gasteiger charge is 1.99. The molecule has 1 unspecified atom stereocenters. The molecule has 11 heavy (non-hydrogen) atoms. The summed E-state index contributed by atoms with van der Waals surface area (Å²) < 4.78 is 10.2. The molecule has 0 spiro atoms. The van der Waals surface area contributed by atoms with Crippen molar-refractivity contribution < 1.29 is 14.6 Å². The topological polar surface area (TPSA) is 38.7 Å². The fourth-order valence-electron chi connectivity index (χ4n) is 0.619. The van der Waals surface area contributed by atoms with Crippen LogP contribution in [0.2, 0.25) is 0 Å². The maximum atomic E-state index is 8.40. The first-order valence-electron chi connectivity index (χ1n) is 3.72. The van der Waals surface area contributed by atoms with Gasteiger partial charge >= 0.3 is 0 Å². The number of hydrogen-bond acceptors (Lipinski definition) is 3. The molecule has 1 atom stereocenters. The van der Waals surface area contributed by atoms with Crippen molar-refractivity contribution in [1.29, 1.82) is 0 Å². The van der Waals surface area contributed by atoms with E-state index in [9.17, 15) is 0 Å². The molecule has 0 aliphatic carbocycles. The standard InChI is InChI=1S/C8H16O3/c1-3-5-10-7-8(2)11-6-4-9/h3,8-9H,1,4-7H2,2H3. The Morgan fingerprint density at radius 1 is 1.64 bits per heavy atom. The minimum Gasteiger partial charge on any atom is -0.394 e. The van der Waals surface area contributed by atoms with Gasteiger partial charge in [-0.2, -0.15) is 0 Å². The summed E-state index contributed by atoms with van der Waals surface area (Å²) >= 11 is 0. The minimum atomic E-state index is 0.0436. The molecule has 0 aliphatic rings. The van der Waals surface area contributed by atoms with Gasteiger partial charge in [0.05, 0.1) is 32.5 Å². The van der Waals surface area contributed by atoms with Crippen molar-refractivity contribution >= 4 is 0 Å². The van der Waals surface area contributed by atoms with Crippen LogP contribution in [0.1, 0.15) is 6.92 Å². The molecule has 66 valence electrons. The normalized spacial score (nSPS) is 12.9. The highest BCUT2D eigenvalue weighted by Crippen LogP contribution is 1.90. The van der Waals surface area contributed by atoms with Crippen LogP contribution < -0.4 is 0 Å². The summed E-state index contributed by atoms with van der Waals surface area (Å²) in [4.78, 5) is 0. The number of ether oxygens (including phenoxy) is 2. The summed E-state index contributed by atoms with van der Waals surface area (Å²) in [6.07, 6.45) is 1.74. The van der Waals surface area contributed by atoms with Crippen molar-refractivity contribution in [3.8, 4) is 0 Å². The van der Waals surface area contributed by atoms with Gasteiger partial charge in [0.1, 0.15) is 0 Å². The first kappa shape index (κ1) is 10.6. The quantitative estimate of drug-likeness (QED) is 0.437. The van der Waals surface area contributed by atoms with Gasteiger partial charge in [-0.3, -0.25) is 0 Å². The molecule has 0 amide bonds. The van der Waals surface area contributed by atoms with Crippen molar-refractivity contribution in [1.82, 2.24) is 0 Å². The molecule has 0 fully saturated rings. The van der Waals surface area contributed by atoms with E-state index in [0.29, 0.717) is 19.8 Å². The Morgan fingerprint density at radius 3 is 2.91 bits per heavy atom. The van der Waals surface area contributed by atoms with Crippen LogP contribution in [0.15, 0.2) is 12.7 Å². The van der Waals surface area contributed by atoms with E-state index >= 15 is 0 Å². The molecule has 3 nitrogen and oxygen atoms in total. The number of rotatable bonds is 7. The van der Waals surface area contributed by atoms with Crippen molar-refractivity contribution in [3.63, 3.8) is 0 Å². The first-order chi connectivity index (χ1) is 5.31. The van der Waals surface area contributed by atoms with Crippen LogP contribution in [-0.4, -0.2) is 37.6 Å². The van der Waals surface area contributed by atoms with Crippen molar-refractivity contribution in [3.05, 3.63) is 12.7 Å². The third kappa shape index (κ3) is 7.52. The molecule has 0 bridgehead atoms. The van der Waals surface area contributed by atoms with Gasteiger partial charge in [0.25, 0.3) is 0 Å². The lowest BCUT2D eigenvalue weighted by molar-refractivity contribution is -0.0123. The maximum absolute atomic E-state index is 8.40. The highest BCUT2D eigenvalue weighted by atomic mass is 16.5. The Labute approximate surface area is 67.6 Å². The minimum absolute atomic E-state index is 0.0436. The van der Waals surface area contributed by atoms with Crippen LogP contribution >= 0.6 is 0 Å². The fourth-order valence-corrected chi connectivity index (χ4v) is 0.619. The van der Waals surface area contributed by atoms with E-state index in [4.69, 9.17) is 14.6 Å². The zero-order valence-corrected chi connectivity index (χ0v) is 6.95. The molecular weight excluding hydrogens is 144 g/mol. The largest absolute Gasteiger partial charge is 0.394 e. The summed E-state index contributed by atoms with van der Waals surface area (Å²) in [5, 5.41) is 8.40. The van der Waals surface area contributed by atoms with Gasteiger partial charge in [-0.1, -0.05) is 6.08 Å². The maximum Gasteiger partial charge on any atom is 0.0781 e. The van der Waals surface area contributed by atoms with Crippen molar-refractivity contribution in [2.24, 2.45) is 0 Å².